The number of anilines is 2. The van der Waals surface area contributed by atoms with Crippen molar-refractivity contribution in [3.8, 4) is 0 Å². The molecular formula is C17H20N6S. The van der Waals surface area contributed by atoms with Crippen molar-refractivity contribution in [1.29, 1.82) is 0 Å². The number of fused-ring (bicyclic) bond motifs is 1. The summed E-state index contributed by atoms with van der Waals surface area (Å²) in [4.78, 5) is 18.0. The standard InChI is InChI=1S/C17H20N6S/c1-22-6-8-23(9-7-22)17-13(3-2-5-18-17)11-19-16-15-14(4-10-24-15)20-12-21-16/h2-5,10,12H,6-9,11H2,1H3,(H,19,20,21). The van der Waals surface area contributed by atoms with E-state index in [1.165, 1.54) is 5.56 Å². The first-order valence-electron chi connectivity index (χ1n) is 8.11. The summed E-state index contributed by atoms with van der Waals surface area (Å²) >= 11 is 1.66. The highest BCUT2D eigenvalue weighted by molar-refractivity contribution is 7.17. The number of likely N-dealkylation sites (N-methyl/N-ethyl adjacent to an activating group) is 1. The quantitative estimate of drug-likeness (QED) is 0.787. The van der Waals surface area contributed by atoms with E-state index in [-0.39, 0.29) is 0 Å². The van der Waals surface area contributed by atoms with Crippen LogP contribution in [0.5, 0.6) is 0 Å². The van der Waals surface area contributed by atoms with Gasteiger partial charge in [-0.05, 0) is 24.6 Å². The Morgan fingerprint density at radius 1 is 1.12 bits per heavy atom. The lowest BCUT2D eigenvalue weighted by Gasteiger charge is -2.34. The Bertz CT molecular complexity index is 825. The highest BCUT2D eigenvalue weighted by Gasteiger charge is 2.18. The predicted molar refractivity (Wildman–Crippen MR) is 98.7 cm³/mol. The minimum atomic E-state index is 0.708. The van der Waals surface area contributed by atoms with Crippen LogP contribution in [0.4, 0.5) is 11.6 Å². The molecular weight excluding hydrogens is 320 g/mol. The first kappa shape index (κ1) is 15.3. The number of pyridine rings is 1. The number of piperazine rings is 1. The van der Waals surface area contributed by atoms with Crippen LogP contribution in [0.25, 0.3) is 10.2 Å². The molecule has 4 heterocycles. The largest absolute Gasteiger partial charge is 0.365 e. The van der Waals surface area contributed by atoms with Crippen LogP contribution < -0.4 is 10.2 Å². The maximum absolute atomic E-state index is 4.63. The van der Waals surface area contributed by atoms with Gasteiger partial charge in [-0.2, -0.15) is 0 Å². The lowest BCUT2D eigenvalue weighted by Crippen LogP contribution is -2.45. The first-order valence-corrected chi connectivity index (χ1v) is 8.99. The second kappa shape index (κ2) is 6.70. The zero-order valence-electron chi connectivity index (χ0n) is 13.6. The summed E-state index contributed by atoms with van der Waals surface area (Å²) in [6.45, 7) is 4.89. The number of nitrogens with one attached hydrogen (secondary N) is 1. The van der Waals surface area contributed by atoms with E-state index >= 15 is 0 Å². The summed E-state index contributed by atoms with van der Waals surface area (Å²) in [7, 11) is 2.17. The van der Waals surface area contributed by atoms with E-state index < -0.39 is 0 Å². The number of rotatable bonds is 4. The Morgan fingerprint density at radius 2 is 2.00 bits per heavy atom. The molecule has 0 aromatic carbocycles. The van der Waals surface area contributed by atoms with E-state index in [4.69, 9.17) is 0 Å². The van der Waals surface area contributed by atoms with Crippen molar-refractivity contribution >= 4 is 33.2 Å². The van der Waals surface area contributed by atoms with Crippen molar-refractivity contribution < 1.29 is 0 Å². The fourth-order valence-electron chi connectivity index (χ4n) is 2.96. The molecule has 24 heavy (non-hydrogen) atoms. The molecule has 0 radical (unpaired) electrons. The minimum absolute atomic E-state index is 0.708. The van der Waals surface area contributed by atoms with Gasteiger partial charge in [-0.15, -0.1) is 11.3 Å². The Labute approximate surface area is 145 Å². The van der Waals surface area contributed by atoms with Crippen molar-refractivity contribution in [2.45, 2.75) is 6.54 Å². The molecule has 1 saturated heterocycles. The van der Waals surface area contributed by atoms with E-state index in [0.29, 0.717) is 6.54 Å². The van der Waals surface area contributed by atoms with Gasteiger partial charge in [0.15, 0.2) is 0 Å². The Kier molecular flexibility index (Phi) is 4.27. The van der Waals surface area contributed by atoms with Crippen molar-refractivity contribution in [3.63, 3.8) is 0 Å². The predicted octanol–water partition coefficient (Wildman–Crippen LogP) is 2.45. The number of thiophene rings is 1. The van der Waals surface area contributed by atoms with Gasteiger partial charge in [-0.3, -0.25) is 0 Å². The summed E-state index contributed by atoms with van der Waals surface area (Å²) in [5.41, 5.74) is 2.19. The summed E-state index contributed by atoms with van der Waals surface area (Å²) in [5, 5.41) is 5.51. The van der Waals surface area contributed by atoms with Gasteiger partial charge in [0.25, 0.3) is 0 Å². The van der Waals surface area contributed by atoms with E-state index in [9.17, 15) is 0 Å². The van der Waals surface area contributed by atoms with Gasteiger partial charge in [0.2, 0.25) is 0 Å². The zero-order valence-corrected chi connectivity index (χ0v) is 14.5. The molecule has 1 N–H and O–H groups in total. The fourth-order valence-corrected chi connectivity index (χ4v) is 3.78. The average molecular weight is 340 g/mol. The van der Waals surface area contributed by atoms with Gasteiger partial charge >= 0.3 is 0 Å². The average Bonchev–Trinajstić information content (AvgIpc) is 3.10. The highest BCUT2D eigenvalue weighted by atomic mass is 32.1. The summed E-state index contributed by atoms with van der Waals surface area (Å²) in [6.07, 6.45) is 3.49. The normalized spacial score (nSPS) is 15.8. The topological polar surface area (TPSA) is 57.2 Å². The summed E-state index contributed by atoms with van der Waals surface area (Å²) < 4.78 is 1.10. The van der Waals surface area contributed by atoms with Gasteiger partial charge in [0.1, 0.15) is 18.0 Å². The molecule has 3 aromatic rings. The van der Waals surface area contributed by atoms with E-state index in [0.717, 1.165) is 48.0 Å². The van der Waals surface area contributed by atoms with Crippen LogP contribution in [0, 0.1) is 0 Å². The Balaban J connectivity index is 1.54. The Hall–Kier alpha value is -2.25. The molecule has 0 bridgehead atoms. The molecule has 124 valence electrons. The third-order valence-corrected chi connectivity index (χ3v) is 5.27. The van der Waals surface area contributed by atoms with Gasteiger partial charge in [-0.25, -0.2) is 15.0 Å². The van der Waals surface area contributed by atoms with Gasteiger partial charge in [0.05, 0.1) is 10.2 Å². The molecule has 7 heteroatoms. The number of hydrogen-bond acceptors (Lipinski definition) is 7. The van der Waals surface area contributed by atoms with Crippen molar-refractivity contribution in [3.05, 3.63) is 41.7 Å². The van der Waals surface area contributed by atoms with Gasteiger partial charge < -0.3 is 15.1 Å². The van der Waals surface area contributed by atoms with E-state index in [1.54, 1.807) is 17.7 Å². The summed E-state index contributed by atoms with van der Waals surface area (Å²) in [5.74, 6) is 1.97. The molecule has 0 amide bonds. The molecule has 1 aliphatic heterocycles. The summed E-state index contributed by atoms with van der Waals surface area (Å²) in [6, 6.07) is 6.16. The molecule has 1 fully saturated rings. The monoisotopic (exact) mass is 340 g/mol. The first-order chi connectivity index (χ1) is 11.8. The third kappa shape index (κ3) is 3.05. The second-order valence-corrected chi connectivity index (χ2v) is 6.90. The number of hydrogen-bond donors (Lipinski definition) is 1. The van der Waals surface area contributed by atoms with Crippen molar-refractivity contribution in [2.24, 2.45) is 0 Å². The molecule has 4 rings (SSSR count). The van der Waals surface area contributed by atoms with Crippen molar-refractivity contribution in [2.75, 3.05) is 43.4 Å². The lowest BCUT2D eigenvalue weighted by atomic mass is 10.2. The highest BCUT2D eigenvalue weighted by Crippen LogP contribution is 2.26. The molecule has 0 saturated carbocycles. The van der Waals surface area contributed by atoms with Crippen LogP contribution in [0.1, 0.15) is 5.56 Å². The SMILES string of the molecule is CN1CCN(c2ncccc2CNc2ncnc3ccsc23)CC1. The van der Waals surface area contributed by atoms with Crippen LogP contribution in [0.2, 0.25) is 0 Å². The van der Waals surface area contributed by atoms with Crippen LogP contribution in [0.3, 0.4) is 0 Å². The smallest absolute Gasteiger partial charge is 0.147 e. The lowest BCUT2D eigenvalue weighted by molar-refractivity contribution is 0.312. The number of aromatic nitrogens is 3. The maximum Gasteiger partial charge on any atom is 0.147 e. The van der Waals surface area contributed by atoms with Gasteiger partial charge in [-0.1, -0.05) is 6.07 Å². The second-order valence-electron chi connectivity index (χ2n) is 5.99. The minimum Gasteiger partial charge on any atom is -0.365 e. The van der Waals surface area contributed by atoms with Crippen LogP contribution in [0.15, 0.2) is 36.1 Å². The van der Waals surface area contributed by atoms with Crippen LogP contribution in [-0.2, 0) is 6.54 Å². The maximum atomic E-state index is 4.63. The van der Waals surface area contributed by atoms with E-state index in [1.807, 2.05) is 23.7 Å². The third-order valence-electron chi connectivity index (χ3n) is 4.36. The molecule has 0 spiro atoms. The molecule has 3 aromatic heterocycles. The molecule has 1 aliphatic rings. The Morgan fingerprint density at radius 3 is 2.88 bits per heavy atom. The fraction of sp³-hybridized carbons (Fsp3) is 0.353. The van der Waals surface area contributed by atoms with E-state index in [2.05, 4.69) is 43.2 Å². The molecule has 0 atom stereocenters. The van der Waals surface area contributed by atoms with Crippen LogP contribution in [-0.4, -0.2) is 53.1 Å². The van der Waals surface area contributed by atoms with Crippen LogP contribution >= 0.6 is 11.3 Å². The van der Waals surface area contributed by atoms with Crippen molar-refractivity contribution in [1.82, 2.24) is 19.9 Å². The van der Waals surface area contributed by atoms with Gasteiger partial charge in [0, 0.05) is 44.5 Å². The molecule has 6 nitrogen and oxygen atoms in total. The zero-order chi connectivity index (χ0) is 16.4. The molecule has 0 aliphatic carbocycles. The molecule has 0 unspecified atom stereocenters. The number of nitrogens with zero attached hydrogens (tertiary/aromatic N) is 5.